The van der Waals surface area contributed by atoms with Crippen LogP contribution in [0.4, 0.5) is 0 Å². The Bertz CT molecular complexity index is 289. The lowest BCUT2D eigenvalue weighted by atomic mass is 10.1. The SMILES string of the molecule is OCC[C@@H](O)C[C@H](O)COCc1ccccc1. The summed E-state index contributed by atoms with van der Waals surface area (Å²) in [5.41, 5.74) is 1.05. The van der Waals surface area contributed by atoms with Gasteiger partial charge in [0.2, 0.25) is 0 Å². The number of benzene rings is 1. The normalized spacial score (nSPS) is 14.5. The molecular weight excluding hydrogens is 220 g/mol. The molecule has 0 bridgehead atoms. The van der Waals surface area contributed by atoms with Gasteiger partial charge in [-0.2, -0.15) is 0 Å². The van der Waals surface area contributed by atoms with Crippen LogP contribution in [0.15, 0.2) is 30.3 Å². The number of rotatable bonds is 8. The van der Waals surface area contributed by atoms with Crippen molar-refractivity contribution < 1.29 is 20.1 Å². The molecule has 1 aromatic rings. The molecule has 0 heterocycles. The Balaban J connectivity index is 2.14. The van der Waals surface area contributed by atoms with E-state index >= 15 is 0 Å². The molecule has 0 saturated heterocycles. The third-order valence-corrected chi connectivity index (χ3v) is 2.43. The molecule has 2 atom stereocenters. The molecule has 96 valence electrons. The molecule has 0 aliphatic rings. The van der Waals surface area contributed by atoms with Crippen molar-refractivity contribution >= 4 is 0 Å². The van der Waals surface area contributed by atoms with Crippen molar-refractivity contribution in [2.45, 2.75) is 31.7 Å². The molecule has 3 N–H and O–H groups in total. The Morgan fingerprint density at radius 3 is 2.41 bits per heavy atom. The minimum Gasteiger partial charge on any atom is -0.396 e. The number of hydrogen-bond acceptors (Lipinski definition) is 4. The van der Waals surface area contributed by atoms with E-state index in [9.17, 15) is 10.2 Å². The second-order valence-corrected chi connectivity index (χ2v) is 4.06. The molecule has 1 aromatic carbocycles. The minimum atomic E-state index is -0.694. The summed E-state index contributed by atoms with van der Waals surface area (Å²) in [6, 6.07) is 9.70. The average molecular weight is 240 g/mol. The molecule has 1 rings (SSSR count). The molecule has 4 heteroatoms. The molecule has 0 unspecified atom stereocenters. The quantitative estimate of drug-likeness (QED) is 0.625. The summed E-state index contributed by atoms with van der Waals surface area (Å²) in [5, 5.41) is 27.5. The molecule has 0 fully saturated rings. The Morgan fingerprint density at radius 2 is 1.76 bits per heavy atom. The van der Waals surface area contributed by atoms with E-state index in [4.69, 9.17) is 9.84 Å². The molecule has 0 aliphatic heterocycles. The van der Waals surface area contributed by atoms with Crippen molar-refractivity contribution in [3.8, 4) is 0 Å². The molecule has 0 radical (unpaired) electrons. The van der Waals surface area contributed by atoms with Gasteiger partial charge >= 0.3 is 0 Å². The predicted molar refractivity (Wildman–Crippen MR) is 64.4 cm³/mol. The van der Waals surface area contributed by atoms with Crippen LogP contribution in [-0.4, -0.2) is 40.7 Å². The maximum atomic E-state index is 9.56. The van der Waals surface area contributed by atoms with Gasteiger partial charge in [-0.1, -0.05) is 30.3 Å². The lowest BCUT2D eigenvalue weighted by Gasteiger charge is -2.15. The topological polar surface area (TPSA) is 69.9 Å². The van der Waals surface area contributed by atoms with E-state index in [1.54, 1.807) is 0 Å². The van der Waals surface area contributed by atoms with Gasteiger partial charge in [-0.15, -0.1) is 0 Å². The highest BCUT2D eigenvalue weighted by atomic mass is 16.5. The monoisotopic (exact) mass is 240 g/mol. The van der Waals surface area contributed by atoms with Crippen LogP contribution >= 0.6 is 0 Å². The van der Waals surface area contributed by atoms with E-state index in [-0.39, 0.29) is 26.1 Å². The maximum absolute atomic E-state index is 9.56. The number of hydrogen-bond donors (Lipinski definition) is 3. The Morgan fingerprint density at radius 1 is 1.06 bits per heavy atom. The highest BCUT2D eigenvalue weighted by Crippen LogP contribution is 2.05. The summed E-state index contributed by atoms with van der Waals surface area (Å²) < 4.78 is 5.34. The van der Waals surface area contributed by atoms with Crippen LogP contribution in [0.25, 0.3) is 0 Å². The van der Waals surface area contributed by atoms with Crippen LogP contribution in [0.2, 0.25) is 0 Å². The van der Waals surface area contributed by atoms with Gasteiger partial charge in [0.25, 0.3) is 0 Å². The highest BCUT2D eigenvalue weighted by Gasteiger charge is 2.11. The van der Waals surface area contributed by atoms with Gasteiger partial charge in [0.05, 0.1) is 25.4 Å². The molecule has 0 saturated carbocycles. The van der Waals surface area contributed by atoms with Crippen LogP contribution in [-0.2, 0) is 11.3 Å². The summed E-state index contributed by atoms with van der Waals surface area (Å²) in [6.45, 7) is 0.574. The maximum Gasteiger partial charge on any atom is 0.0798 e. The summed E-state index contributed by atoms with van der Waals surface area (Å²) in [7, 11) is 0. The Labute approximate surface area is 101 Å². The number of aliphatic hydroxyl groups is 3. The van der Waals surface area contributed by atoms with Crippen molar-refractivity contribution in [1.82, 2.24) is 0 Å². The predicted octanol–water partition coefficient (Wildman–Crippen LogP) is 0.697. The molecule has 0 spiro atoms. The Hall–Kier alpha value is -0.940. The van der Waals surface area contributed by atoms with Crippen LogP contribution in [0.1, 0.15) is 18.4 Å². The standard InChI is InChI=1S/C13H20O4/c14-7-6-12(15)8-13(16)10-17-9-11-4-2-1-3-5-11/h1-5,12-16H,6-10H2/t12-,13+/m1/s1. The first-order chi connectivity index (χ1) is 8.22. The summed E-state index contributed by atoms with van der Waals surface area (Å²) in [4.78, 5) is 0. The second-order valence-electron chi connectivity index (χ2n) is 4.06. The summed E-state index contributed by atoms with van der Waals surface area (Å²) in [5.74, 6) is 0. The van der Waals surface area contributed by atoms with Gasteiger partial charge in [-0.25, -0.2) is 0 Å². The lowest BCUT2D eigenvalue weighted by molar-refractivity contribution is -0.00304. The van der Waals surface area contributed by atoms with Gasteiger partial charge in [0.1, 0.15) is 0 Å². The zero-order valence-electron chi connectivity index (χ0n) is 9.83. The van der Waals surface area contributed by atoms with E-state index in [1.807, 2.05) is 30.3 Å². The summed E-state index contributed by atoms with van der Waals surface area (Å²) in [6.07, 6.45) is -0.846. The van der Waals surface area contributed by atoms with Gasteiger partial charge < -0.3 is 20.1 Å². The molecule has 0 amide bonds. The smallest absolute Gasteiger partial charge is 0.0798 e. The molecular formula is C13H20O4. The fourth-order valence-corrected chi connectivity index (χ4v) is 1.54. The lowest BCUT2D eigenvalue weighted by Crippen LogP contribution is -2.23. The fraction of sp³-hybridized carbons (Fsp3) is 0.538. The van der Waals surface area contributed by atoms with Crippen LogP contribution < -0.4 is 0 Å². The first-order valence-electron chi connectivity index (χ1n) is 5.81. The fourth-order valence-electron chi connectivity index (χ4n) is 1.54. The minimum absolute atomic E-state index is 0.0707. The van der Waals surface area contributed by atoms with Crippen molar-refractivity contribution in [2.24, 2.45) is 0 Å². The third-order valence-electron chi connectivity index (χ3n) is 2.43. The molecule has 0 aromatic heterocycles. The number of aliphatic hydroxyl groups excluding tert-OH is 3. The molecule has 17 heavy (non-hydrogen) atoms. The van der Waals surface area contributed by atoms with E-state index in [1.165, 1.54) is 0 Å². The zero-order chi connectivity index (χ0) is 12.5. The van der Waals surface area contributed by atoms with Crippen molar-refractivity contribution in [3.63, 3.8) is 0 Å². The van der Waals surface area contributed by atoms with Crippen molar-refractivity contribution in [3.05, 3.63) is 35.9 Å². The molecule has 0 aliphatic carbocycles. The first-order valence-corrected chi connectivity index (χ1v) is 5.81. The van der Waals surface area contributed by atoms with Crippen LogP contribution in [0.5, 0.6) is 0 Å². The van der Waals surface area contributed by atoms with Gasteiger partial charge in [-0.3, -0.25) is 0 Å². The van der Waals surface area contributed by atoms with E-state index in [0.717, 1.165) is 5.56 Å². The van der Waals surface area contributed by atoms with Crippen LogP contribution in [0.3, 0.4) is 0 Å². The van der Waals surface area contributed by atoms with Gasteiger partial charge in [0.15, 0.2) is 0 Å². The van der Waals surface area contributed by atoms with Crippen molar-refractivity contribution in [1.29, 1.82) is 0 Å². The Kier molecular flexibility index (Phi) is 6.81. The average Bonchev–Trinajstić information content (AvgIpc) is 2.30. The number of ether oxygens (including phenoxy) is 1. The largest absolute Gasteiger partial charge is 0.396 e. The van der Waals surface area contributed by atoms with Crippen molar-refractivity contribution in [2.75, 3.05) is 13.2 Å². The highest BCUT2D eigenvalue weighted by molar-refractivity contribution is 5.13. The summed E-state index contributed by atoms with van der Waals surface area (Å²) >= 11 is 0. The molecule has 4 nitrogen and oxygen atoms in total. The first kappa shape index (κ1) is 14.1. The zero-order valence-corrected chi connectivity index (χ0v) is 9.83. The van der Waals surface area contributed by atoms with E-state index < -0.39 is 12.2 Å². The third kappa shape index (κ3) is 6.38. The second kappa shape index (κ2) is 8.20. The van der Waals surface area contributed by atoms with Crippen LogP contribution in [0, 0.1) is 0 Å². The van der Waals surface area contributed by atoms with E-state index in [2.05, 4.69) is 0 Å². The van der Waals surface area contributed by atoms with E-state index in [0.29, 0.717) is 6.61 Å². The van der Waals surface area contributed by atoms with Gasteiger partial charge in [-0.05, 0) is 12.0 Å². The van der Waals surface area contributed by atoms with Gasteiger partial charge in [0, 0.05) is 13.0 Å².